The number of benzene rings is 1. The summed E-state index contributed by atoms with van der Waals surface area (Å²) in [6, 6.07) is 7.58. The fourth-order valence-corrected chi connectivity index (χ4v) is 3.07. The number of aliphatic hydroxyl groups excluding tert-OH is 1. The van der Waals surface area contributed by atoms with Crippen molar-refractivity contribution in [2.45, 2.75) is 31.8 Å². The van der Waals surface area contributed by atoms with Crippen molar-refractivity contribution >= 4 is 23.6 Å². The molecule has 1 heterocycles. The maximum atomic E-state index is 11.5. The summed E-state index contributed by atoms with van der Waals surface area (Å²) in [7, 11) is 0. The minimum Gasteiger partial charge on any atom is -0.397 e. The van der Waals surface area contributed by atoms with Crippen molar-refractivity contribution in [3.8, 4) is 0 Å². The Morgan fingerprint density at radius 1 is 1.22 bits per heavy atom. The summed E-state index contributed by atoms with van der Waals surface area (Å²) < 4.78 is 0. The number of piperidine rings is 1. The highest BCUT2D eigenvalue weighted by Crippen LogP contribution is 2.16. The van der Waals surface area contributed by atoms with Gasteiger partial charge in [0.1, 0.15) is 11.4 Å². The van der Waals surface area contributed by atoms with Gasteiger partial charge in [0.25, 0.3) is 5.91 Å². The molecule has 8 nitrogen and oxygen atoms in total. The summed E-state index contributed by atoms with van der Waals surface area (Å²) in [5, 5.41) is 16.7. The molecule has 0 spiro atoms. The number of rotatable bonds is 8. The quantitative estimate of drug-likeness (QED) is 0.254. The predicted molar refractivity (Wildman–Crippen MR) is 107 cm³/mol. The minimum atomic E-state index is -0.820. The standard InChI is InChI=1S/C19H28N6O2/c20-12-16(21)17(19(23)27)18(22)24-14-5-3-13(4-6-14)2-1-9-25-10-7-15(26)8-11-25/h3-6,12,15,20,26H,1-2,7-11,21H2,(H2,22,24)(H2,23,27)/b17-16+,20-12?. The molecule has 8 heteroatoms. The van der Waals surface area contributed by atoms with Crippen LogP contribution in [0.25, 0.3) is 0 Å². The van der Waals surface area contributed by atoms with Crippen LogP contribution in [0, 0.1) is 5.41 Å². The molecule has 1 fully saturated rings. The van der Waals surface area contributed by atoms with Crippen molar-refractivity contribution < 1.29 is 9.90 Å². The summed E-state index contributed by atoms with van der Waals surface area (Å²) in [5.41, 5.74) is 18.2. The van der Waals surface area contributed by atoms with Crippen LogP contribution in [-0.4, -0.2) is 53.7 Å². The lowest BCUT2D eigenvalue weighted by molar-refractivity contribution is -0.114. The lowest BCUT2D eigenvalue weighted by Gasteiger charge is -2.29. The second kappa shape index (κ2) is 9.84. The Bertz CT molecular complexity index is 718. The summed E-state index contributed by atoms with van der Waals surface area (Å²) in [4.78, 5) is 18.0. The van der Waals surface area contributed by atoms with Crippen LogP contribution >= 0.6 is 0 Å². The maximum Gasteiger partial charge on any atom is 0.254 e. The number of primary amides is 1. The molecule has 1 aliphatic rings. The van der Waals surface area contributed by atoms with Gasteiger partial charge in [-0.1, -0.05) is 12.1 Å². The van der Waals surface area contributed by atoms with E-state index in [-0.39, 0.29) is 23.2 Å². The molecule has 0 unspecified atom stereocenters. The molecular weight excluding hydrogens is 344 g/mol. The van der Waals surface area contributed by atoms with Crippen molar-refractivity contribution in [1.82, 2.24) is 4.90 Å². The largest absolute Gasteiger partial charge is 0.397 e. The zero-order valence-corrected chi connectivity index (χ0v) is 15.4. The van der Waals surface area contributed by atoms with E-state index in [1.54, 1.807) is 0 Å². The van der Waals surface area contributed by atoms with Gasteiger partial charge in [0.05, 0.1) is 17.5 Å². The second-order valence-corrected chi connectivity index (χ2v) is 6.68. The van der Waals surface area contributed by atoms with Crippen LogP contribution in [0.4, 0.5) is 5.69 Å². The number of carbonyl (C=O) groups excluding carboxylic acids is 1. The third-order valence-corrected chi connectivity index (χ3v) is 4.63. The Kier molecular flexibility index (Phi) is 7.51. The number of nitrogens with one attached hydrogen (secondary N) is 1. The zero-order chi connectivity index (χ0) is 19.8. The first-order valence-corrected chi connectivity index (χ1v) is 9.04. The molecule has 146 valence electrons. The number of nitrogens with zero attached hydrogens (tertiary/aromatic N) is 2. The molecule has 1 saturated heterocycles. The molecule has 1 aromatic rings. The van der Waals surface area contributed by atoms with Gasteiger partial charge in [-0.15, -0.1) is 0 Å². The molecule has 1 aromatic carbocycles. The molecule has 8 N–H and O–H groups in total. The lowest BCUT2D eigenvalue weighted by Crippen LogP contribution is -2.36. The van der Waals surface area contributed by atoms with E-state index in [4.69, 9.17) is 22.6 Å². The number of carbonyl (C=O) groups is 1. The smallest absolute Gasteiger partial charge is 0.254 e. The number of aryl methyl sites for hydroxylation is 1. The van der Waals surface area contributed by atoms with E-state index in [1.807, 2.05) is 24.3 Å². The Morgan fingerprint density at radius 3 is 2.41 bits per heavy atom. The molecule has 0 aromatic heterocycles. The fourth-order valence-electron chi connectivity index (χ4n) is 3.07. The van der Waals surface area contributed by atoms with E-state index in [9.17, 15) is 9.90 Å². The molecule has 0 bridgehead atoms. The van der Waals surface area contributed by atoms with Gasteiger partial charge in [-0.2, -0.15) is 0 Å². The van der Waals surface area contributed by atoms with Crippen LogP contribution in [0.2, 0.25) is 0 Å². The van der Waals surface area contributed by atoms with Gasteiger partial charge in [-0.05, 0) is 49.9 Å². The van der Waals surface area contributed by atoms with Crippen LogP contribution in [0.3, 0.4) is 0 Å². The highest BCUT2D eigenvalue weighted by Gasteiger charge is 2.16. The zero-order valence-electron chi connectivity index (χ0n) is 15.4. The molecule has 2 rings (SSSR count). The number of hydrogen-bond acceptors (Lipinski definition) is 6. The summed E-state index contributed by atoms with van der Waals surface area (Å²) in [6.07, 6.45) is 4.39. The van der Waals surface area contributed by atoms with Crippen LogP contribution in [0.1, 0.15) is 24.8 Å². The topological polar surface area (TPSA) is 155 Å². The number of aliphatic imine (C=N–C) groups is 1. The predicted octanol–water partition coefficient (Wildman–Crippen LogP) is 0.412. The molecule has 0 saturated carbocycles. The SMILES string of the molecule is N=C/C(N)=C(\C(N)=O)C(N)=Nc1ccc(CCCN2CCC(O)CC2)cc1. The highest BCUT2D eigenvalue weighted by molar-refractivity contribution is 6.22. The van der Waals surface area contributed by atoms with Gasteiger partial charge in [-0.25, -0.2) is 4.99 Å². The fraction of sp³-hybridized carbons (Fsp3) is 0.421. The number of amidine groups is 1. The third-order valence-electron chi connectivity index (χ3n) is 4.63. The van der Waals surface area contributed by atoms with Gasteiger partial charge in [0.2, 0.25) is 0 Å². The van der Waals surface area contributed by atoms with Crippen molar-refractivity contribution in [2.75, 3.05) is 19.6 Å². The van der Waals surface area contributed by atoms with E-state index >= 15 is 0 Å². The van der Waals surface area contributed by atoms with Crippen molar-refractivity contribution in [1.29, 1.82) is 5.41 Å². The molecule has 0 aliphatic carbocycles. The summed E-state index contributed by atoms with van der Waals surface area (Å²) in [5.74, 6) is -0.928. The van der Waals surface area contributed by atoms with Crippen molar-refractivity contribution in [2.24, 2.45) is 22.2 Å². The van der Waals surface area contributed by atoms with E-state index in [1.165, 1.54) is 5.56 Å². The number of allylic oxidation sites excluding steroid dienone is 1. The number of nitrogens with two attached hydrogens (primary N) is 3. The second-order valence-electron chi connectivity index (χ2n) is 6.68. The van der Waals surface area contributed by atoms with Gasteiger partial charge in [0.15, 0.2) is 0 Å². The minimum absolute atomic E-state index is 0.108. The average Bonchev–Trinajstić information content (AvgIpc) is 2.64. The van der Waals surface area contributed by atoms with Gasteiger partial charge < -0.3 is 32.6 Å². The molecule has 0 radical (unpaired) electrons. The van der Waals surface area contributed by atoms with E-state index in [2.05, 4.69) is 9.89 Å². The molecule has 1 aliphatic heterocycles. The summed E-state index contributed by atoms with van der Waals surface area (Å²) in [6.45, 7) is 2.95. The van der Waals surface area contributed by atoms with Crippen LogP contribution in [0.5, 0.6) is 0 Å². The van der Waals surface area contributed by atoms with Crippen LogP contribution in [0.15, 0.2) is 40.5 Å². The Balaban J connectivity index is 1.92. The van der Waals surface area contributed by atoms with E-state index < -0.39 is 5.91 Å². The number of likely N-dealkylation sites (tertiary alicyclic amines) is 1. The Morgan fingerprint density at radius 2 is 1.85 bits per heavy atom. The molecular formula is C19H28N6O2. The summed E-state index contributed by atoms with van der Waals surface area (Å²) >= 11 is 0. The van der Waals surface area contributed by atoms with E-state index in [0.29, 0.717) is 5.69 Å². The van der Waals surface area contributed by atoms with Gasteiger partial charge in [0, 0.05) is 19.3 Å². The van der Waals surface area contributed by atoms with Crippen molar-refractivity contribution in [3.63, 3.8) is 0 Å². The maximum absolute atomic E-state index is 11.5. The first-order chi connectivity index (χ1) is 12.9. The highest BCUT2D eigenvalue weighted by atomic mass is 16.3. The first kappa shape index (κ1) is 20.6. The average molecular weight is 372 g/mol. The molecule has 27 heavy (non-hydrogen) atoms. The number of aliphatic hydroxyl groups is 1. The van der Waals surface area contributed by atoms with Crippen molar-refractivity contribution in [3.05, 3.63) is 41.1 Å². The van der Waals surface area contributed by atoms with Crippen LogP contribution < -0.4 is 17.2 Å². The Labute approximate surface area is 159 Å². The third kappa shape index (κ3) is 6.19. The normalized spacial score (nSPS) is 17.4. The van der Waals surface area contributed by atoms with E-state index in [0.717, 1.165) is 51.5 Å². The Hall–Kier alpha value is -2.71. The lowest BCUT2D eigenvalue weighted by atomic mass is 10.1. The molecule has 0 atom stereocenters. The molecule has 1 amide bonds. The number of hydrogen-bond donors (Lipinski definition) is 5. The monoisotopic (exact) mass is 372 g/mol. The van der Waals surface area contributed by atoms with Gasteiger partial charge >= 0.3 is 0 Å². The van der Waals surface area contributed by atoms with Gasteiger partial charge in [-0.3, -0.25) is 4.79 Å². The first-order valence-electron chi connectivity index (χ1n) is 9.04. The number of amides is 1. The van der Waals surface area contributed by atoms with Crippen LogP contribution in [-0.2, 0) is 11.2 Å².